The van der Waals surface area contributed by atoms with E-state index in [9.17, 15) is 4.79 Å². The van der Waals surface area contributed by atoms with Gasteiger partial charge >= 0.3 is 5.97 Å². The van der Waals surface area contributed by atoms with Crippen molar-refractivity contribution >= 4 is 5.97 Å². The topological polar surface area (TPSA) is 35.5 Å². The molecule has 18 heavy (non-hydrogen) atoms. The summed E-state index contributed by atoms with van der Waals surface area (Å²) in [5.41, 5.74) is 1.11. The van der Waals surface area contributed by atoms with Crippen molar-refractivity contribution < 1.29 is 14.6 Å². The molecule has 1 saturated heterocycles. The van der Waals surface area contributed by atoms with Gasteiger partial charge in [0.05, 0.1) is 5.92 Å². The van der Waals surface area contributed by atoms with Gasteiger partial charge in [0.1, 0.15) is 6.10 Å². The average Bonchev–Trinajstić information content (AvgIpc) is 2.48. The van der Waals surface area contributed by atoms with Crippen LogP contribution in [0.4, 0.5) is 0 Å². The van der Waals surface area contributed by atoms with Gasteiger partial charge in [0.25, 0.3) is 0 Å². The summed E-state index contributed by atoms with van der Waals surface area (Å²) in [6.07, 6.45) is 4.48. The first kappa shape index (κ1) is 12.2. The standard InChI is InChI=1S/C15H22O3/c1-8-4-7-12-10(3)15(16)18-17-14-9(2)5-6-11(8)13(12)14/h8,10-14H,2,4-7H2,1,3H3/t8-,10-,11+,12+,13+,14-/m1/s1. The van der Waals surface area contributed by atoms with Crippen LogP contribution in [0.1, 0.15) is 39.5 Å². The summed E-state index contributed by atoms with van der Waals surface area (Å²) in [5, 5.41) is 0. The number of carbonyl (C=O) groups excluding carboxylic acids is 1. The Hall–Kier alpha value is -0.830. The van der Waals surface area contributed by atoms with Gasteiger partial charge in [-0.3, -0.25) is 4.89 Å². The maximum Gasteiger partial charge on any atom is 0.345 e. The molecule has 2 saturated carbocycles. The van der Waals surface area contributed by atoms with Gasteiger partial charge in [-0.1, -0.05) is 26.8 Å². The summed E-state index contributed by atoms with van der Waals surface area (Å²) in [6.45, 7) is 8.45. The fraction of sp³-hybridized carbons (Fsp3) is 0.800. The van der Waals surface area contributed by atoms with E-state index in [1.54, 1.807) is 0 Å². The van der Waals surface area contributed by atoms with Gasteiger partial charge < -0.3 is 0 Å². The fourth-order valence-electron chi connectivity index (χ4n) is 4.32. The van der Waals surface area contributed by atoms with E-state index in [0.717, 1.165) is 24.3 Å². The SMILES string of the molecule is C=C1CC[C@@H]2[C@H]3[C@@H](CC[C@H]2C)[C@@H](C)C(=O)OO[C@H]13. The molecule has 0 aromatic heterocycles. The van der Waals surface area contributed by atoms with Crippen molar-refractivity contribution in [2.45, 2.75) is 45.6 Å². The zero-order valence-corrected chi connectivity index (χ0v) is 11.2. The van der Waals surface area contributed by atoms with E-state index in [-0.39, 0.29) is 18.0 Å². The zero-order valence-electron chi connectivity index (χ0n) is 11.2. The smallest absolute Gasteiger partial charge is 0.297 e. The van der Waals surface area contributed by atoms with E-state index >= 15 is 0 Å². The number of rotatable bonds is 0. The molecule has 0 amide bonds. The summed E-state index contributed by atoms with van der Waals surface area (Å²) in [6, 6.07) is 0. The summed E-state index contributed by atoms with van der Waals surface area (Å²) in [5.74, 6) is 1.98. The van der Waals surface area contributed by atoms with E-state index < -0.39 is 0 Å². The predicted octanol–water partition coefficient (Wildman–Crippen LogP) is 3.11. The van der Waals surface area contributed by atoms with Crippen molar-refractivity contribution in [2.24, 2.45) is 29.6 Å². The van der Waals surface area contributed by atoms with Crippen LogP contribution in [-0.4, -0.2) is 12.1 Å². The lowest BCUT2D eigenvalue weighted by Gasteiger charge is -2.48. The fourth-order valence-corrected chi connectivity index (χ4v) is 4.32. The Bertz CT molecular complexity index is 376. The van der Waals surface area contributed by atoms with Gasteiger partial charge in [-0.2, -0.15) is 4.89 Å². The molecule has 6 atom stereocenters. The number of hydrogen-bond acceptors (Lipinski definition) is 3. The summed E-state index contributed by atoms with van der Waals surface area (Å²) in [4.78, 5) is 22.3. The Morgan fingerprint density at radius 1 is 1.17 bits per heavy atom. The molecular formula is C15H22O3. The van der Waals surface area contributed by atoms with Crippen LogP contribution in [0.2, 0.25) is 0 Å². The molecule has 0 aromatic rings. The minimum atomic E-state index is -0.199. The van der Waals surface area contributed by atoms with Crippen LogP contribution >= 0.6 is 0 Å². The quantitative estimate of drug-likeness (QED) is 0.489. The maximum absolute atomic E-state index is 11.9. The van der Waals surface area contributed by atoms with Gasteiger partial charge in [-0.05, 0) is 48.5 Å². The highest BCUT2D eigenvalue weighted by Crippen LogP contribution is 2.52. The van der Waals surface area contributed by atoms with Crippen LogP contribution in [0.15, 0.2) is 12.2 Å². The van der Waals surface area contributed by atoms with E-state index in [4.69, 9.17) is 9.78 Å². The third-order valence-corrected chi connectivity index (χ3v) is 5.47. The van der Waals surface area contributed by atoms with Crippen molar-refractivity contribution in [3.05, 3.63) is 12.2 Å². The van der Waals surface area contributed by atoms with E-state index in [0.29, 0.717) is 17.8 Å². The van der Waals surface area contributed by atoms with Crippen LogP contribution < -0.4 is 0 Å². The van der Waals surface area contributed by atoms with Gasteiger partial charge in [-0.25, -0.2) is 4.79 Å². The first-order valence-electron chi connectivity index (χ1n) is 7.14. The van der Waals surface area contributed by atoms with Crippen molar-refractivity contribution in [1.29, 1.82) is 0 Å². The Labute approximate surface area is 108 Å². The Morgan fingerprint density at radius 3 is 2.72 bits per heavy atom. The van der Waals surface area contributed by atoms with Crippen LogP contribution in [0.5, 0.6) is 0 Å². The van der Waals surface area contributed by atoms with Gasteiger partial charge in [-0.15, -0.1) is 0 Å². The van der Waals surface area contributed by atoms with Crippen molar-refractivity contribution in [3.63, 3.8) is 0 Å². The minimum absolute atomic E-state index is 0.0408. The van der Waals surface area contributed by atoms with E-state index in [1.165, 1.54) is 12.8 Å². The molecule has 100 valence electrons. The minimum Gasteiger partial charge on any atom is -0.297 e. The summed E-state index contributed by atoms with van der Waals surface area (Å²) in [7, 11) is 0. The highest BCUT2D eigenvalue weighted by molar-refractivity contribution is 5.72. The second-order valence-corrected chi connectivity index (χ2v) is 6.36. The normalized spacial score (nSPS) is 48.1. The lowest BCUT2D eigenvalue weighted by Crippen LogP contribution is -2.46. The van der Waals surface area contributed by atoms with Gasteiger partial charge in [0.15, 0.2) is 0 Å². The molecule has 3 nitrogen and oxygen atoms in total. The van der Waals surface area contributed by atoms with Crippen molar-refractivity contribution in [1.82, 2.24) is 0 Å². The molecule has 0 bridgehead atoms. The van der Waals surface area contributed by atoms with Crippen molar-refractivity contribution in [2.75, 3.05) is 0 Å². The van der Waals surface area contributed by atoms with E-state index in [1.807, 2.05) is 6.92 Å². The molecule has 1 aliphatic heterocycles. The Kier molecular flexibility index (Phi) is 2.97. The van der Waals surface area contributed by atoms with Crippen molar-refractivity contribution in [3.8, 4) is 0 Å². The summed E-state index contributed by atoms with van der Waals surface area (Å²) < 4.78 is 0. The molecule has 3 aliphatic rings. The maximum atomic E-state index is 11.9. The molecule has 1 heterocycles. The predicted molar refractivity (Wildman–Crippen MR) is 67.4 cm³/mol. The molecule has 0 aromatic carbocycles. The largest absolute Gasteiger partial charge is 0.345 e. The van der Waals surface area contributed by atoms with Crippen LogP contribution in [0, 0.1) is 29.6 Å². The third-order valence-electron chi connectivity index (χ3n) is 5.47. The van der Waals surface area contributed by atoms with Crippen LogP contribution in [-0.2, 0) is 14.6 Å². The highest BCUT2D eigenvalue weighted by Gasteiger charge is 2.51. The molecule has 3 fully saturated rings. The van der Waals surface area contributed by atoms with Crippen LogP contribution in [0.3, 0.4) is 0 Å². The molecular weight excluding hydrogens is 228 g/mol. The molecule has 3 rings (SSSR count). The molecule has 2 aliphatic carbocycles. The molecule has 0 N–H and O–H groups in total. The lowest BCUT2D eigenvalue weighted by atomic mass is 9.57. The van der Waals surface area contributed by atoms with Crippen LogP contribution in [0.25, 0.3) is 0 Å². The Balaban J connectivity index is 1.97. The lowest BCUT2D eigenvalue weighted by molar-refractivity contribution is -0.299. The van der Waals surface area contributed by atoms with Gasteiger partial charge in [0.2, 0.25) is 0 Å². The monoisotopic (exact) mass is 250 g/mol. The first-order valence-corrected chi connectivity index (χ1v) is 7.14. The summed E-state index contributed by atoms with van der Waals surface area (Å²) >= 11 is 0. The molecule has 0 radical (unpaired) electrons. The van der Waals surface area contributed by atoms with Gasteiger partial charge in [0, 0.05) is 0 Å². The number of hydrogen-bond donors (Lipinski definition) is 0. The third kappa shape index (κ3) is 1.71. The average molecular weight is 250 g/mol. The van der Waals surface area contributed by atoms with E-state index in [2.05, 4.69) is 13.5 Å². The second-order valence-electron chi connectivity index (χ2n) is 6.36. The highest BCUT2D eigenvalue weighted by atomic mass is 17.2. The Morgan fingerprint density at radius 2 is 1.94 bits per heavy atom. The molecule has 0 unspecified atom stereocenters. The first-order chi connectivity index (χ1) is 8.59. The number of carbonyl (C=O) groups is 1. The second kappa shape index (κ2) is 4.37. The molecule has 3 heteroatoms. The zero-order chi connectivity index (χ0) is 12.9. The molecule has 0 spiro atoms.